The highest BCUT2D eigenvalue weighted by Gasteiger charge is 2.15. The first-order chi connectivity index (χ1) is 10.2. The third kappa shape index (κ3) is 3.15. The molecule has 0 saturated heterocycles. The number of rotatable bonds is 4. The van der Waals surface area contributed by atoms with Crippen LogP contribution in [-0.2, 0) is 6.54 Å². The molecule has 2 N–H and O–H groups in total. The maximum atomic E-state index is 12.3. The van der Waals surface area contributed by atoms with Crippen molar-refractivity contribution in [2.45, 2.75) is 6.54 Å². The Labute approximate surface area is 130 Å². The maximum Gasteiger partial charge on any atom is 0.255 e. The molecule has 2 heterocycles. The standard InChI is InChI=1S/C15H12ClN3OS/c16-11-5-3-10(4-6-11)14-13(9-18-19-14)15(20)17-8-12-2-1-7-21-12/h1-7,9H,8H2,(H,17,20)(H,18,19). The van der Waals surface area contributed by atoms with Gasteiger partial charge in [-0.05, 0) is 23.6 Å². The summed E-state index contributed by atoms with van der Waals surface area (Å²) in [5.41, 5.74) is 2.09. The number of benzene rings is 1. The van der Waals surface area contributed by atoms with Crippen molar-refractivity contribution in [3.05, 3.63) is 63.4 Å². The summed E-state index contributed by atoms with van der Waals surface area (Å²) in [6, 6.07) is 11.2. The first-order valence-corrected chi connectivity index (χ1v) is 7.59. The highest BCUT2D eigenvalue weighted by molar-refractivity contribution is 7.09. The molecule has 2 aromatic heterocycles. The molecular weight excluding hydrogens is 306 g/mol. The second-order valence-corrected chi connectivity index (χ2v) is 5.90. The predicted molar refractivity (Wildman–Crippen MR) is 84.5 cm³/mol. The number of nitrogens with zero attached hydrogens (tertiary/aromatic N) is 1. The number of aromatic amines is 1. The molecule has 0 bridgehead atoms. The van der Waals surface area contributed by atoms with E-state index in [4.69, 9.17) is 11.6 Å². The number of thiophene rings is 1. The summed E-state index contributed by atoms with van der Waals surface area (Å²) in [7, 11) is 0. The van der Waals surface area contributed by atoms with Gasteiger partial charge in [0.15, 0.2) is 0 Å². The lowest BCUT2D eigenvalue weighted by Gasteiger charge is -2.05. The molecule has 0 aliphatic rings. The van der Waals surface area contributed by atoms with Crippen LogP contribution in [0.3, 0.4) is 0 Å². The summed E-state index contributed by atoms with van der Waals surface area (Å²) in [6.45, 7) is 0.516. The number of carbonyl (C=O) groups is 1. The summed E-state index contributed by atoms with van der Waals surface area (Å²) in [5.74, 6) is -0.151. The van der Waals surface area contributed by atoms with Gasteiger partial charge in [0, 0.05) is 15.5 Å². The van der Waals surface area contributed by atoms with Crippen LogP contribution in [0.1, 0.15) is 15.2 Å². The van der Waals surface area contributed by atoms with E-state index in [-0.39, 0.29) is 5.91 Å². The Morgan fingerprint density at radius 3 is 2.81 bits per heavy atom. The monoisotopic (exact) mass is 317 g/mol. The molecule has 6 heteroatoms. The van der Waals surface area contributed by atoms with E-state index in [1.54, 1.807) is 23.5 Å². The van der Waals surface area contributed by atoms with E-state index in [1.807, 2.05) is 29.6 Å². The first kappa shape index (κ1) is 13.9. The van der Waals surface area contributed by atoms with Gasteiger partial charge < -0.3 is 5.32 Å². The summed E-state index contributed by atoms with van der Waals surface area (Å²) >= 11 is 7.49. The first-order valence-electron chi connectivity index (χ1n) is 6.34. The molecule has 3 rings (SSSR count). The summed E-state index contributed by atoms with van der Waals surface area (Å²) in [4.78, 5) is 13.4. The molecule has 0 aliphatic heterocycles. The zero-order valence-electron chi connectivity index (χ0n) is 11.0. The van der Waals surface area contributed by atoms with Gasteiger partial charge in [-0.2, -0.15) is 5.10 Å². The van der Waals surface area contributed by atoms with Gasteiger partial charge in [-0.1, -0.05) is 29.8 Å². The van der Waals surface area contributed by atoms with E-state index in [9.17, 15) is 4.79 Å². The zero-order chi connectivity index (χ0) is 14.7. The van der Waals surface area contributed by atoms with Crippen LogP contribution in [-0.4, -0.2) is 16.1 Å². The molecule has 0 radical (unpaired) electrons. The Kier molecular flexibility index (Phi) is 4.03. The zero-order valence-corrected chi connectivity index (χ0v) is 12.5. The molecule has 0 unspecified atom stereocenters. The number of amides is 1. The molecule has 106 valence electrons. The molecule has 0 spiro atoms. The molecule has 4 nitrogen and oxygen atoms in total. The fourth-order valence-corrected chi connectivity index (χ4v) is 2.74. The minimum absolute atomic E-state index is 0.151. The lowest BCUT2D eigenvalue weighted by molar-refractivity contribution is 0.0952. The smallest absolute Gasteiger partial charge is 0.255 e. The van der Waals surface area contributed by atoms with Crippen LogP contribution < -0.4 is 5.32 Å². The van der Waals surface area contributed by atoms with Gasteiger partial charge in [-0.15, -0.1) is 11.3 Å². The number of carbonyl (C=O) groups excluding carboxylic acids is 1. The average Bonchev–Trinajstić information content (AvgIpc) is 3.17. The van der Waals surface area contributed by atoms with Gasteiger partial charge >= 0.3 is 0 Å². The van der Waals surface area contributed by atoms with Crippen LogP contribution in [0, 0.1) is 0 Å². The molecular formula is C15H12ClN3OS. The largest absolute Gasteiger partial charge is 0.347 e. The van der Waals surface area contributed by atoms with Gasteiger partial charge in [0.25, 0.3) is 5.91 Å². The average molecular weight is 318 g/mol. The Bertz CT molecular complexity index is 735. The SMILES string of the molecule is O=C(NCc1cccs1)c1cn[nH]c1-c1ccc(Cl)cc1. The van der Waals surface area contributed by atoms with E-state index in [0.717, 1.165) is 10.4 Å². The van der Waals surface area contributed by atoms with Gasteiger partial charge in [-0.3, -0.25) is 9.89 Å². The Morgan fingerprint density at radius 1 is 1.29 bits per heavy atom. The molecule has 1 amide bonds. The van der Waals surface area contributed by atoms with Crippen molar-refractivity contribution >= 4 is 28.8 Å². The lowest BCUT2D eigenvalue weighted by Crippen LogP contribution is -2.22. The summed E-state index contributed by atoms with van der Waals surface area (Å²) < 4.78 is 0. The van der Waals surface area contributed by atoms with Crippen LogP contribution in [0.15, 0.2) is 48.0 Å². The van der Waals surface area contributed by atoms with Crippen molar-refractivity contribution in [2.75, 3.05) is 0 Å². The molecule has 0 aliphatic carbocycles. The Balaban J connectivity index is 1.78. The van der Waals surface area contributed by atoms with Crippen molar-refractivity contribution in [2.24, 2.45) is 0 Å². The number of halogens is 1. The van der Waals surface area contributed by atoms with Crippen molar-refractivity contribution in [3.8, 4) is 11.3 Å². The predicted octanol–water partition coefficient (Wildman–Crippen LogP) is 3.72. The number of aromatic nitrogens is 2. The van der Waals surface area contributed by atoms with Crippen molar-refractivity contribution in [1.82, 2.24) is 15.5 Å². The van der Waals surface area contributed by atoms with E-state index in [1.165, 1.54) is 6.20 Å². The second kappa shape index (κ2) is 6.11. The molecule has 0 atom stereocenters. The van der Waals surface area contributed by atoms with Crippen LogP contribution in [0.2, 0.25) is 5.02 Å². The summed E-state index contributed by atoms with van der Waals surface area (Å²) in [5, 5.41) is 12.4. The van der Waals surface area contributed by atoms with E-state index >= 15 is 0 Å². The normalized spacial score (nSPS) is 10.5. The number of H-pyrrole nitrogens is 1. The second-order valence-electron chi connectivity index (χ2n) is 4.43. The topological polar surface area (TPSA) is 57.8 Å². The van der Waals surface area contributed by atoms with Crippen molar-refractivity contribution < 1.29 is 4.79 Å². The Hall–Kier alpha value is -2.11. The van der Waals surface area contributed by atoms with Gasteiger partial charge in [0.1, 0.15) is 0 Å². The van der Waals surface area contributed by atoms with Crippen LogP contribution in [0.5, 0.6) is 0 Å². The fourth-order valence-electron chi connectivity index (χ4n) is 1.97. The van der Waals surface area contributed by atoms with Crippen molar-refractivity contribution in [3.63, 3.8) is 0 Å². The van der Waals surface area contributed by atoms with E-state index < -0.39 is 0 Å². The summed E-state index contributed by atoms with van der Waals surface area (Å²) in [6.07, 6.45) is 1.54. The molecule has 3 aromatic rings. The fraction of sp³-hybridized carbons (Fsp3) is 0.0667. The maximum absolute atomic E-state index is 12.3. The third-order valence-electron chi connectivity index (χ3n) is 3.02. The Morgan fingerprint density at radius 2 is 2.10 bits per heavy atom. The van der Waals surface area contributed by atoms with Crippen LogP contribution >= 0.6 is 22.9 Å². The van der Waals surface area contributed by atoms with E-state index in [2.05, 4.69) is 15.5 Å². The van der Waals surface area contributed by atoms with Crippen molar-refractivity contribution in [1.29, 1.82) is 0 Å². The highest BCUT2D eigenvalue weighted by Crippen LogP contribution is 2.23. The highest BCUT2D eigenvalue weighted by atomic mass is 35.5. The minimum Gasteiger partial charge on any atom is -0.347 e. The molecule has 1 aromatic carbocycles. The number of hydrogen-bond acceptors (Lipinski definition) is 3. The number of hydrogen-bond donors (Lipinski definition) is 2. The minimum atomic E-state index is -0.151. The van der Waals surface area contributed by atoms with Crippen LogP contribution in [0.4, 0.5) is 0 Å². The molecule has 21 heavy (non-hydrogen) atoms. The lowest BCUT2D eigenvalue weighted by atomic mass is 10.1. The van der Waals surface area contributed by atoms with Crippen LogP contribution in [0.25, 0.3) is 11.3 Å². The third-order valence-corrected chi connectivity index (χ3v) is 4.15. The van der Waals surface area contributed by atoms with E-state index in [0.29, 0.717) is 22.8 Å². The molecule has 0 saturated carbocycles. The molecule has 0 fully saturated rings. The van der Waals surface area contributed by atoms with Gasteiger partial charge in [0.05, 0.1) is 24.0 Å². The van der Waals surface area contributed by atoms with Gasteiger partial charge in [0.2, 0.25) is 0 Å². The number of nitrogens with one attached hydrogen (secondary N) is 2. The van der Waals surface area contributed by atoms with Gasteiger partial charge in [-0.25, -0.2) is 0 Å². The quantitative estimate of drug-likeness (QED) is 0.770.